The lowest BCUT2D eigenvalue weighted by Crippen LogP contribution is -2.38. The zero-order chi connectivity index (χ0) is 35.9. The van der Waals surface area contributed by atoms with Crippen LogP contribution in [0.2, 0.25) is 0 Å². The molecule has 11 nitrogen and oxygen atoms in total. The number of halogens is 1. The summed E-state index contributed by atoms with van der Waals surface area (Å²) in [5.41, 5.74) is 11.1. The molecule has 1 saturated carbocycles. The number of esters is 1. The first kappa shape index (κ1) is 33.6. The molecular formula is C39H39FN6O5. The molecule has 1 aliphatic rings. The van der Waals surface area contributed by atoms with E-state index in [-0.39, 0.29) is 24.5 Å². The maximum Gasteiger partial charge on any atom is 0.408 e. The molecule has 0 bridgehead atoms. The number of hydrogen-bond acceptors (Lipinski definition) is 7. The quantitative estimate of drug-likeness (QED) is 0.122. The zero-order valence-corrected chi connectivity index (χ0v) is 28.6. The Balaban J connectivity index is 1.13. The minimum absolute atomic E-state index is 0.0101. The summed E-state index contributed by atoms with van der Waals surface area (Å²) in [5.74, 6) is -0.770. The van der Waals surface area contributed by atoms with E-state index in [9.17, 15) is 18.8 Å². The largest absolute Gasteiger partial charge is 0.461 e. The Kier molecular flexibility index (Phi) is 8.84. The SMILES string of the molecule is CC(C)(C)OC(=O)NCC(=O)OC1CCC(Nc2cc(-n3c4ccccc4c4c(-c5nc6ccc(F)cc6[nH]5)cccc43)ccc2C(N)=O)CC1. The van der Waals surface area contributed by atoms with Gasteiger partial charge in [-0.15, -0.1) is 0 Å². The number of nitrogens with zero attached hydrogens (tertiary/aromatic N) is 2. The maximum atomic E-state index is 14.0. The van der Waals surface area contributed by atoms with Crippen molar-refractivity contribution in [3.05, 3.63) is 90.2 Å². The Labute approximate surface area is 293 Å². The van der Waals surface area contributed by atoms with Crippen molar-refractivity contribution in [2.45, 2.75) is 64.2 Å². The molecular weight excluding hydrogens is 651 g/mol. The van der Waals surface area contributed by atoms with Gasteiger partial charge in [0.05, 0.1) is 27.6 Å². The van der Waals surface area contributed by atoms with Gasteiger partial charge in [-0.25, -0.2) is 14.2 Å². The van der Waals surface area contributed by atoms with Crippen LogP contribution in [0.15, 0.2) is 78.9 Å². The van der Waals surface area contributed by atoms with E-state index in [4.69, 9.17) is 20.2 Å². The molecule has 12 heteroatoms. The number of aromatic nitrogens is 3. The lowest BCUT2D eigenvalue weighted by Gasteiger charge is -2.30. The molecule has 7 rings (SSSR count). The lowest BCUT2D eigenvalue weighted by molar-refractivity contribution is -0.149. The van der Waals surface area contributed by atoms with Crippen LogP contribution < -0.4 is 16.4 Å². The van der Waals surface area contributed by atoms with E-state index in [2.05, 4.69) is 26.3 Å². The number of rotatable bonds is 8. The van der Waals surface area contributed by atoms with Crippen LogP contribution in [-0.4, -0.2) is 56.8 Å². The summed E-state index contributed by atoms with van der Waals surface area (Å²) in [6.45, 7) is 4.96. The zero-order valence-electron chi connectivity index (χ0n) is 28.6. The highest BCUT2D eigenvalue weighted by atomic mass is 19.1. The number of nitrogens with two attached hydrogens (primary N) is 1. The predicted molar refractivity (Wildman–Crippen MR) is 194 cm³/mol. The Morgan fingerprint density at radius 1 is 0.961 bits per heavy atom. The van der Waals surface area contributed by atoms with Crippen LogP contribution in [-0.2, 0) is 14.3 Å². The molecule has 5 N–H and O–H groups in total. The number of nitrogens with one attached hydrogen (secondary N) is 3. The predicted octanol–water partition coefficient (Wildman–Crippen LogP) is 7.36. The Morgan fingerprint density at radius 3 is 2.49 bits per heavy atom. The molecule has 0 radical (unpaired) electrons. The van der Waals surface area contributed by atoms with Crippen molar-refractivity contribution in [2.24, 2.45) is 5.73 Å². The average molecular weight is 691 g/mol. The van der Waals surface area contributed by atoms with Crippen molar-refractivity contribution in [2.75, 3.05) is 11.9 Å². The highest BCUT2D eigenvalue weighted by Gasteiger charge is 2.26. The Hall–Kier alpha value is -5.91. The van der Waals surface area contributed by atoms with Gasteiger partial charge in [-0.3, -0.25) is 9.59 Å². The van der Waals surface area contributed by atoms with Crippen molar-refractivity contribution in [1.82, 2.24) is 19.9 Å². The summed E-state index contributed by atoms with van der Waals surface area (Å²) in [6, 6.07) is 24.2. The summed E-state index contributed by atoms with van der Waals surface area (Å²) in [6.07, 6.45) is 1.66. The number of benzene rings is 4. The standard InChI is InChI=1S/C39H39FN6O5/c1-39(2,3)51-38(49)42-21-34(47)50-25-15-12-23(13-16-25)43-30-20-24(14-17-26(30)36(41)48)46-32-9-5-4-7-27(32)35-28(8-6-10-33(35)46)37-44-29-18-11-22(40)19-31(29)45-37/h4-11,14,17-20,23,25,43H,12-13,15-16,21H2,1-3H3,(H2,41,48)(H,42,49)(H,44,45). The number of imidazole rings is 1. The van der Waals surface area contributed by atoms with Gasteiger partial charge < -0.3 is 35.4 Å². The van der Waals surface area contributed by atoms with E-state index in [1.54, 1.807) is 32.9 Å². The highest BCUT2D eigenvalue weighted by molar-refractivity contribution is 6.15. The van der Waals surface area contributed by atoms with Crippen molar-refractivity contribution in [1.29, 1.82) is 0 Å². The van der Waals surface area contributed by atoms with Crippen molar-refractivity contribution in [3.63, 3.8) is 0 Å². The monoisotopic (exact) mass is 690 g/mol. The summed E-state index contributed by atoms with van der Waals surface area (Å²) in [5, 5.41) is 7.97. The molecule has 0 saturated heterocycles. The second kappa shape index (κ2) is 13.4. The van der Waals surface area contributed by atoms with E-state index in [0.717, 1.165) is 33.1 Å². The Morgan fingerprint density at radius 2 is 1.73 bits per heavy atom. The number of amides is 2. The first-order valence-electron chi connectivity index (χ1n) is 17.0. The number of carbonyl (C=O) groups excluding carboxylic acids is 3. The number of primary amides is 1. The van der Waals surface area contributed by atoms with E-state index >= 15 is 0 Å². The van der Waals surface area contributed by atoms with E-state index in [1.165, 1.54) is 12.1 Å². The minimum atomic E-state index is -0.676. The van der Waals surface area contributed by atoms with Crippen LogP contribution in [0.25, 0.3) is 49.9 Å². The van der Waals surface area contributed by atoms with Gasteiger partial charge in [0.2, 0.25) is 0 Å². The van der Waals surface area contributed by atoms with Crippen molar-refractivity contribution >= 4 is 56.5 Å². The van der Waals surface area contributed by atoms with Gasteiger partial charge >= 0.3 is 12.1 Å². The van der Waals surface area contributed by atoms with Gasteiger partial charge in [-0.05, 0) is 95.0 Å². The Bertz CT molecular complexity index is 2300. The first-order valence-corrected chi connectivity index (χ1v) is 17.0. The molecule has 2 amide bonds. The number of hydrogen-bond donors (Lipinski definition) is 4. The van der Waals surface area contributed by atoms with Crippen LogP contribution in [0.4, 0.5) is 14.9 Å². The number of aromatic amines is 1. The third-order valence-electron chi connectivity index (χ3n) is 9.03. The van der Waals surface area contributed by atoms with Crippen molar-refractivity contribution < 1.29 is 28.2 Å². The molecule has 0 atom stereocenters. The molecule has 0 aliphatic heterocycles. The van der Waals surface area contributed by atoms with E-state index in [1.807, 2.05) is 48.5 Å². The highest BCUT2D eigenvalue weighted by Crippen LogP contribution is 2.39. The molecule has 2 aromatic heterocycles. The number of ether oxygens (including phenoxy) is 2. The second-order valence-electron chi connectivity index (χ2n) is 13.9. The topological polar surface area (TPSA) is 153 Å². The van der Waals surface area contributed by atoms with Crippen LogP contribution in [0.3, 0.4) is 0 Å². The van der Waals surface area contributed by atoms with Crippen LogP contribution in [0, 0.1) is 5.82 Å². The summed E-state index contributed by atoms with van der Waals surface area (Å²) in [4.78, 5) is 44.9. The van der Waals surface area contributed by atoms with E-state index < -0.39 is 23.6 Å². The number of H-pyrrole nitrogens is 1. The van der Waals surface area contributed by atoms with Gasteiger partial charge in [-0.1, -0.05) is 30.3 Å². The van der Waals surface area contributed by atoms with Gasteiger partial charge in [-0.2, -0.15) is 0 Å². The van der Waals surface area contributed by atoms with Crippen LogP contribution in [0.1, 0.15) is 56.8 Å². The minimum Gasteiger partial charge on any atom is -0.461 e. The molecule has 4 aromatic carbocycles. The van der Waals surface area contributed by atoms with Crippen molar-refractivity contribution in [3.8, 4) is 17.1 Å². The molecule has 0 spiro atoms. The summed E-state index contributed by atoms with van der Waals surface area (Å²) in [7, 11) is 0. The second-order valence-corrected chi connectivity index (χ2v) is 13.9. The van der Waals surface area contributed by atoms with Gasteiger partial charge in [0, 0.05) is 33.8 Å². The fraction of sp³-hybridized carbons (Fsp3) is 0.282. The summed E-state index contributed by atoms with van der Waals surface area (Å²) >= 11 is 0. The average Bonchev–Trinajstić information content (AvgIpc) is 3.66. The van der Waals surface area contributed by atoms with Gasteiger partial charge in [0.15, 0.2) is 0 Å². The van der Waals surface area contributed by atoms with Crippen LogP contribution >= 0.6 is 0 Å². The molecule has 51 heavy (non-hydrogen) atoms. The number of fused-ring (bicyclic) bond motifs is 4. The molecule has 2 heterocycles. The third-order valence-corrected chi connectivity index (χ3v) is 9.03. The van der Waals surface area contributed by atoms with Gasteiger partial charge in [0.1, 0.15) is 29.9 Å². The summed E-state index contributed by atoms with van der Waals surface area (Å²) < 4.78 is 26.9. The molecule has 0 unspecified atom stereocenters. The number of carbonyl (C=O) groups is 3. The molecule has 1 fully saturated rings. The maximum absolute atomic E-state index is 14.0. The molecule has 1 aliphatic carbocycles. The van der Waals surface area contributed by atoms with E-state index in [0.29, 0.717) is 53.8 Å². The first-order chi connectivity index (χ1) is 24.4. The fourth-order valence-electron chi connectivity index (χ4n) is 6.84. The number of para-hydroxylation sites is 1. The molecule has 6 aromatic rings. The molecule has 262 valence electrons. The van der Waals surface area contributed by atoms with Crippen LogP contribution in [0.5, 0.6) is 0 Å². The smallest absolute Gasteiger partial charge is 0.408 e. The van der Waals surface area contributed by atoms with Gasteiger partial charge in [0.25, 0.3) is 5.91 Å². The fourth-order valence-corrected chi connectivity index (χ4v) is 6.84. The third kappa shape index (κ3) is 7.07. The lowest BCUT2D eigenvalue weighted by atomic mass is 9.92. The number of anilines is 1. The number of alkyl carbamates (subject to hydrolysis) is 1. The normalized spacial score (nSPS) is 16.3.